The van der Waals surface area contributed by atoms with Gasteiger partial charge in [0.1, 0.15) is 0 Å². The summed E-state index contributed by atoms with van der Waals surface area (Å²) in [5.41, 5.74) is 2.25. The summed E-state index contributed by atoms with van der Waals surface area (Å²) in [4.78, 5) is 41.2. The quantitative estimate of drug-likeness (QED) is 0.896. The first kappa shape index (κ1) is 16.8. The fraction of sp³-hybridized carbons (Fsp3) is 0.316. The SMILES string of the molecule is O=C1Cc2cc(C(=O)N3CCN(C(=O)Cc4cccs4)CC3)ccc2N1. The van der Waals surface area contributed by atoms with Gasteiger partial charge in [0.25, 0.3) is 5.91 Å². The summed E-state index contributed by atoms with van der Waals surface area (Å²) in [5, 5.41) is 4.74. The molecule has 0 saturated carbocycles. The smallest absolute Gasteiger partial charge is 0.253 e. The average Bonchev–Trinajstić information content (AvgIpc) is 3.28. The maximum atomic E-state index is 12.7. The molecule has 0 atom stereocenters. The molecule has 0 spiro atoms. The highest BCUT2D eigenvalue weighted by molar-refractivity contribution is 7.10. The standard InChI is InChI=1S/C19H19N3O3S/c23-17-11-14-10-13(3-4-16(14)20-17)19(25)22-7-5-21(6-8-22)18(24)12-15-2-1-9-26-15/h1-4,9-10H,5-8,11-12H2,(H,20,23). The summed E-state index contributed by atoms with van der Waals surface area (Å²) < 4.78 is 0. The Kier molecular flexibility index (Phi) is 4.46. The average molecular weight is 369 g/mol. The molecule has 1 N–H and O–H groups in total. The second kappa shape index (κ2) is 6.92. The van der Waals surface area contributed by atoms with Crippen molar-refractivity contribution in [3.05, 3.63) is 51.7 Å². The van der Waals surface area contributed by atoms with Crippen LogP contribution in [0.3, 0.4) is 0 Å². The third-order valence-electron chi connectivity index (χ3n) is 4.80. The van der Waals surface area contributed by atoms with E-state index in [-0.39, 0.29) is 17.7 Å². The highest BCUT2D eigenvalue weighted by Gasteiger charge is 2.26. The highest BCUT2D eigenvalue weighted by Crippen LogP contribution is 2.24. The van der Waals surface area contributed by atoms with E-state index in [1.54, 1.807) is 34.4 Å². The second-order valence-corrected chi connectivity index (χ2v) is 7.56. The van der Waals surface area contributed by atoms with E-state index in [1.807, 2.05) is 22.4 Å². The Morgan fingerprint density at radius 2 is 1.85 bits per heavy atom. The van der Waals surface area contributed by atoms with E-state index < -0.39 is 0 Å². The molecule has 2 aromatic rings. The molecular weight excluding hydrogens is 350 g/mol. The summed E-state index contributed by atoms with van der Waals surface area (Å²) in [6, 6.07) is 9.25. The van der Waals surface area contributed by atoms with Crippen molar-refractivity contribution >= 4 is 34.7 Å². The molecule has 1 aromatic heterocycles. The van der Waals surface area contributed by atoms with Crippen molar-refractivity contribution in [2.24, 2.45) is 0 Å². The van der Waals surface area contributed by atoms with E-state index in [0.717, 1.165) is 16.1 Å². The van der Waals surface area contributed by atoms with Crippen molar-refractivity contribution in [1.29, 1.82) is 0 Å². The third-order valence-corrected chi connectivity index (χ3v) is 5.68. The molecule has 2 aliphatic heterocycles. The Morgan fingerprint density at radius 3 is 2.58 bits per heavy atom. The minimum Gasteiger partial charge on any atom is -0.339 e. The van der Waals surface area contributed by atoms with Crippen molar-refractivity contribution in [2.45, 2.75) is 12.8 Å². The van der Waals surface area contributed by atoms with Gasteiger partial charge in [0.05, 0.1) is 12.8 Å². The Balaban J connectivity index is 1.36. The van der Waals surface area contributed by atoms with Crippen molar-refractivity contribution < 1.29 is 14.4 Å². The van der Waals surface area contributed by atoms with Crippen LogP contribution in [0.15, 0.2) is 35.7 Å². The molecule has 4 rings (SSSR count). The van der Waals surface area contributed by atoms with Gasteiger partial charge < -0.3 is 15.1 Å². The Labute approximate surface area is 155 Å². The minimum absolute atomic E-state index is 0.0394. The first-order valence-corrected chi connectivity index (χ1v) is 9.50. The van der Waals surface area contributed by atoms with Crippen LogP contribution in [0.25, 0.3) is 0 Å². The molecule has 0 bridgehead atoms. The van der Waals surface area contributed by atoms with Crippen molar-refractivity contribution in [1.82, 2.24) is 9.80 Å². The number of rotatable bonds is 3. The van der Waals surface area contributed by atoms with Crippen LogP contribution in [0.4, 0.5) is 5.69 Å². The number of nitrogens with zero attached hydrogens (tertiary/aromatic N) is 2. The number of nitrogens with one attached hydrogen (secondary N) is 1. The summed E-state index contributed by atoms with van der Waals surface area (Å²) in [7, 11) is 0. The van der Waals surface area contributed by atoms with Crippen LogP contribution in [0.5, 0.6) is 0 Å². The van der Waals surface area contributed by atoms with Crippen LogP contribution in [-0.2, 0) is 22.4 Å². The normalized spacial score (nSPS) is 16.4. The van der Waals surface area contributed by atoms with Crippen LogP contribution in [0, 0.1) is 0 Å². The number of hydrogen-bond donors (Lipinski definition) is 1. The fourth-order valence-corrected chi connectivity index (χ4v) is 4.07. The van der Waals surface area contributed by atoms with Crippen LogP contribution in [0.1, 0.15) is 20.8 Å². The number of piperazine rings is 1. The number of carbonyl (C=O) groups excluding carboxylic acids is 3. The molecule has 1 aromatic carbocycles. The number of amides is 3. The summed E-state index contributed by atoms with van der Waals surface area (Å²) in [6.45, 7) is 2.18. The fourth-order valence-electron chi connectivity index (χ4n) is 3.38. The molecule has 0 unspecified atom stereocenters. The van der Waals surface area contributed by atoms with Crippen LogP contribution < -0.4 is 5.32 Å². The zero-order chi connectivity index (χ0) is 18.1. The molecule has 0 radical (unpaired) electrons. The zero-order valence-electron chi connectivity index (χ0n) is 14.2. The topological polar surface area (TPSA) is 69.7 Å². The predicted molar refractivity (Wildman–Crippen MR) is 99.3 cm³/mol. The van der Waals surface area contributed by atoms with Gasteiger partial charge in [-0.3, -0.25) is 14.4 Å². The Bertz CT molecular complexity index is 855. The Hall–Kier alpha value is -2.67. The van der Waals surface area contributed by atoms with E-state index in [0.29, 0.717) is 44.6 Å². The predicted octanol–water partition coefficient (Wildman–Crippen LogP) is 1.77. The number of hydrogen-bond acceptors (Lipinski definition) is 4. The number of anilines is 1. The molecule has 0 aliphatic carbocycles. The van der Waals surface area contributed by atoms with Gasteiger partial charge in [-0.2, -0.15) is 0 Å². The van der Waals surface area contributed by atoms with E-state index in [1.165, 1.54) is 0 Å². The van der Waals surface area contributed by atoms with Gasteiger partial charge in [0, 0.05) is 42.3 Å². The molecule has 3 heterocycles. The summed E-state index contributed by atoms with van der Waals surface area (Å²) >= 11 is 1.59. The van der Waals surface area contributed by atoms with Gasteiger partial charge in [0.15, 0.2) is 0 Å². The third kappa shape index (κ3) is 3.35. The largest absolute Gasteiger partial charge is 0.339 e. The van der Waals surface area contributed by atoms with E-state index in [4.69, 9.17) is 0 Å². The van der Waals surface area contributed by atoms with E-state index >= 15 is 0 Å². The lowest BCUT2D eigenvalue weighted by atomic mass is 10.1. The van der Waals surface area contributed by atoms with Gasteiger partial charge in [-0.25, -0.2) is 0 Å². The second-order valence-electron chi connectivity index (χ2n) is 6.53. The van der Waals surface area contributed by atoms with E-state index in [9.17, 15) is 14.4 Å². The zero-order valence-corrected chi connectivity index (χ0v) is 15.1. The van der Waals surface area contributed by atoms with Crippen molar-refractivity contribution in [2.75, 3.05) is 31.5 Å². The van der Waals surface area contributed by atoms with Crippen molar-refractivity contribution in [3.8, 4) is 0 Å². The lowest BCUT2D eigenvalue weighted by molar-refractivity contribution is -0.131. The molecule has 1 fully saturated rings. The molecule has 3 amide bonds. The van der Waals surface area contributed by atoms with Crippen LogP contribution in [0.2, 0.25) is 0 Å². The van der Waals surface area contributed by atoms with Crippen molar-refractivity contribution in [3.63, 3.8) is 0 Å². The van der Waals surface area contributed by atoms with Gasteiger partial charge in [-0.05, 0) is 35.2 Å². The monoisotopic (exact) mass is 369 g/mol. The first-order chi connectivity index (χ1) is 12.6. The van der Waals surface area contributed by atoms with Gasteiger partial charge in [0.2, 0.25) is 11.8 Å². The molecule has 2 aliphatic rings. The number of carbonyl (C=O) groups is 3. The highest BCUT2D eigenvalue weighted by atomic mass is 32.1. The maximum Gasteiger partial charge on any atom is 0.253 e. The molecule has 1 saturated heterocycles. The molecule has 7 heteroatoms. The number of fused-ring (bicyclic) bond motifs is 1. The molecular formula is C19H19N3O3S. The van der Waals surface area contributed by atoms with Gasteiger partial charge in [-0.1, -0.05) is 6.07 Å². The maximum absolute atomic E-state index is 12.7. The summed E-state index contributed by atoms with van der Waals surface area (Å²) in [6.07, 6.45) is 0.749. The summed E-state index contributed by atoms with van der Waals surface area (Å²) in [5.74, 6) is 0.0293. The lowest BCUT2D eigenvalue weighted by Crippen LogP contribution is -2.51. The minimum atomic E-state index is -0.0440. The molecule has 6 nitrogen and oxygen atoms in total. The van der Waals surface area contributed by atoms with E-state index in [2.05, 4.69) is 5.32 Å². The van der Waals surface area contributed by atoms with Crippen LogP contribution in [-0.4, -0.2) is 53.7 Å². The lowest BCUT2D eigenvalue weighted by Gasteiger charge is -2.35. The Morgan fingerprint density at radius 1 is 1.08 bits per heavy atom. The first-order valence-electron chi connectivity index (χ1n) is 8.62. The van der Waals surface area contributed by atoms with Gasteiger partial charge in [-0.15, -0.1) is 11.3 Å². The number of thiophene rings is 1. The van der Waals surface area contributed by atoms with Gasteiger partial charge >= 0.3 is 0 Å². The van der Waals surface area contributed by atoms with Crippen LogP contribution >= 0.6 is 11.3 Å². The molecule has 134 valence electrons. The molecule has 26 heavy (non-hydrogen) atoms. The number of benzene rings is 1.